The summed E-state index contributed by atoms with van der Waals surface area (Å²) in [6.07, 6.45) is -4.35. The van der Waals surface area contributed by atoms with Crippen molar-refractivity contribution in [1.29, 1.82) is 0 Å². The van der Waals surface area contributed by atoms with Crippen molar-refractivity contribution in [2.24, 2.45) is 0 Å². The van der Waals surface area contributed by atoms with Crippen LogP contribution in [0, 0.1) is 0 Å². The van der Waals surface area contributed by atoms with E-state index in [0.29, 0.717) is 11.3 Å². The van der Waals surface area contributed by atoms with Crippen LogP contribution in [0.25, 0.3) is 0 Å². The van der Waals surface area contributed by atoms with Crippen LogP contribution in [-0.4, -0.2) is 11.3 Å². The molecule has 0 atom stereocenters. The Labute approximate surface area is 104 Å². The molecule has 0 spiro atoms. The quantitative estimate of drug-likeness (QED) is 0.595. The van der Waals surface area contributed by atoms with Crippen molar-refractivity contribution in [2.45, 2.75) is 18.0 Å². The van der Waals surface area contributed by atoms with Crippen LogP contribution in [0.4, 0.5) is 13.2 Å². The first kappa shape index (κ1) is 13.7. The van der Waals surface area contributed by atoms with Gasteiger partial charge in [0.05, 0.1) is 21.7 Å². The largest absolute Gasteiger partial charge is 0.493 e. The van der Waals surface area contributed by atoms with Crippen LogP contribution in [0.15, 0.2) is 23.1 Å². The standard InChI is InChI=1S/C10H10BrF3OS/c1-2-15-8-5-3-4-7(10(12,13)14)9(8)16-6-11/h3-5H,2,6H2,1H3. The fourth-order valence-electron chi connectivity index (χ4n) is 1.21. The molecule has 0 saturated heterocycles. The Morgan fingerprint density at radius 1 is 1.38 bits per heavy atom. The SMILES string of the molecule is CCOc1cccc(C(F)(F)F)c1SCBr. The smallest absolute Gasteiger partial charge is 0.417 e. The maximum Gasteiger partial charge on any atom is 0.417 e. The van der Waals surface area contributed by atoms with Gasteiger partial charge in [-0.15, -0.1) is 11.8 Å². The van der Waals surface area contributed by atoms with E-state index in [1.807, 2.05) is 0 Å². The topological polar surface area (TPSA) is 9.23 Å². The zero-order chi connectivity index (χ0) is 12.2. The van der Waals surface area contributed by atoms with E-state index < -0.39 is 11.7 Å². The summed E-state index contributed by atoms with van der Waals surface area (Å²) in [5.74, 6) is 0.279. The van der Waals surface area contributed by atoms with Crippen LogP contribution < -0.4 is 4.74 Å². The number of alkyl halides is 4. The molecule has 0 radical (unpaired) electrons. The van der Waals surface area contributed by atoms with E-state index in [1.54, 1.807) is 13.0 Å². The molecule has 0 amide bonds. The third kappa shape index (κ3) is 3.31. The van der Waals surface area contributed by atoms with E-state index in [4.69, 9.17) is 4.74 Å². The first-order valence-corrected chi connectivity index (χ1v) is 6.63. The molecule has 90 valence electrons. The van der Waals surface area contributed by atoms with E-state index >= 15 is 0 Å². The van der Waals surface area contributed by atoms with Gasteiger partial charge < -0.3 is 4.74 Å². The summed E-state index contributed by atoms with van der Waals surface area (Å²) in [6, 6.07) is 3.96. The van der Waals surface area contributed by atoms with Crippen molar-refractivity contribution in [2.75, 3.05) is 11.3 Å². The maximum atomic E-state index is 12.7. The molecule has 0 aliphatic rings. The second-order valence-corrected chi connectivity index (χ2v) is 5.11. The molecule has 0 N–H and O–H groups in total. The molecule has 0 heterocycles. The molecule has 1 rings (SSSR count). The minimum absolute atomic E-state index is 0.133. The molecule has 0 bridgehead atoms. The molecular weight excluding hydrogens is 305 g/mol. The predicted molar refractivity (Wildman–Crippen MR) is 62.3 cm³/mol. The second kappa shape index (κ2) is 5.82. The lowest BCUT2D eigenvalue weighted by Gasteiger charge is -2.15. The minimum atomic E-state index is -4.35. The minimum Gasteiger partial charge on any atom is -0.493 e. The van der Waals surface area contributed by atoms with Crippen molar-refractivity contribution < 1.29 is 17.9 Å². The van der Waals surface area contributed by atoms with E-state index in [9.17, 15) is 13.2 Å². The Balaban J connectivity index is 3.21. The summed E-state index contributed by atoms with van der Waals surface area (Å²) in [4.78, 5) is 0.133. The van der Waals surface area contributed by atoms with Gasteiger partial charge in [0, 0.05) is 0 Å². The average Bonchev–Trinajstić information content (AvgIpc) is 2.19. The van der Waals surface area contributed by atoms with E-state index in [-0.39, 0.29) is 10.6 Å². The molecular formula is C10H10BrF3OS. The molecule has 0 unspecified atom stereocenters. The van der Waals surface area contributed by atoms with Crippen molar-refractivity contribution >= 4 is 27.7 Å². The molecule has 16 heavy (non-hydrogen) atoms. The third-order valence-electron chi connectivity index (χ3n) is 1.78. The van der Waals surface area contributed by atoms with E-state index in [2.05, 4.69) is 15.9 Å². The van der Waals surface area contributed by atoms with Gasteiger partial charge in [-0.3, -0.25) is 0 Å². The van der Waals surface area contributed by atoms with E-state index in [0.717, 1.165) is 17.8 Å². The summed E-state index contributed by atoms with van der Waals surface area (Å²) in [5.41, 5.74) is -0.650. The average molecular weight is 315 g/mol. The highest BCUT2D eigenvalue weighted by molar-refractivity contribution is 9.11. The van der Waals surface area contributed by atoms with Crippen molar-refractivity contribution in [3.63, 3.8) is 0 Å². The molecule has 0 saturated carbocycles. The van der Waals surface area contributed by atoms with Gasteiger partial charge in [0.2, 0.25) is 0 Å². The van der Waals surface area contributed by atoms with Gasteiger partial charge in [-0.1, -0.05) is 22.0 Å². The Morgan fingerprint density at radius 3 is 2.56 bits per heavy atom. The van der Waals surface area contributed by atoms with Gasteiger partial charge >= 0.3 is 6.18 Å². The highest BCUT2D eigenvalue weighted by Crippen LogP contribution is 2.42. The van der Waals surface area contributed by atoms with Crippen molar-refractivity contribution in [3.05, 3.63) is 23.8 Å². The Morgan fingerprint density at radius 2 is 2.06 bits per heavy atom. The van der Waals surface area contributed by atoms with Crippen LogP contribution in [-0.2, 0) is 6.18 Å². The summed E-state index contributed by atoms with van der Waals surface area (Å²) in [6.45, 7) is 2.08. The number of rotatable bonds is 4. The van der Waals surface area contributed by atoms with Gasteiger partial charge in [0.1, 0.15) is 5.75 Å². The number of halogens is 4. The summed E-state index contributed by atoms with van der Waals surface area (Å²) < 4.78 is 43.7. The van der Waals surface area contributed by atoms with Crippen LogP contribution in [0.1, 0.15) is 12.5 Å². The van der Waals surface area contributed by atoms with Crippen LogP contribution in [0.5, 0.6) is 5.75 Å². The predicted octanol–water partition coefficient (Wildman–Crippen LogP) is 4.55. The van der Waals surface area contributed by atoms with Gasteiger partial charge in [0.15, 0.2) is 0 Å². The van der Waals surface area contributed by atoms with Crippen LogP contribution >= 0.6 is 27.7 Å². The zero-order valence-corrected chi connectivity index (χ0v) is 10.9. The van der Waals surface area contributed by atoms with Gasteiger partial charge in [-0.25, -0.2) is 0 Å². The number of benzene rings is 1. The lowest BCUT2D eigenvalue weighted by atomic mass is 10.2. The lowest BCUT2D eigenvalue weighted by molar-refractivity contribution is -0.139. The Bertz CT molecular complexity index is 354. The fourth-order valence-corrected chi connectivity index (χ4v) is 2.62. The number of hydrogen-bond donors (Lipinski definition) is 0. The zero-order valence-electron chi connectivity index (χ0n) is 8.47. The van der Waals surface area contributed by atoms with Crippen LogP contribution in [0.2, 0.25) is 0 Å². The number of hydrogen-bond acceptors (Lipinski definition) is 2. The number of ether oxygens (including phenoxy) is 1. The van der Waals surface area contributed by atoms with Crippen LogP contribution in [0.3, 0.4) is 0 Å². The molecule has 0 aliphatic heterocycles. The van der Waals surface area contributed by atoms with Crippen molar-refractivity contribution in [1.82, 2.24) is 0 Å². The molecule has 1 nitrogen and oxygen atoms in total. The highest BCUT2D eigenvalue weighted by atomic mass is 79.9. The molecule has 0 fully saturated rings. The normalized spacial score (nSPS) is 11.6. The fraction of sp³-hybridized carbons (Fsp3) is 0.400. The molecule has 1 aromatic carbocycles. The molecule has 0 aliphatic carbocycles. The first-order valence-electron chi connectivity index (χ1n) is 4.52. The monoisotopic (exact) mass is 314 g/mol. The summed E-state index contributed by atoms with van der Waals surface area (Å²) >= 11 is 4.18. The second-order valence-electron chi connectivity index (χ2n) is 2.82. The van der Waals surface area contributed by atoms with Gasteiger partial charge in [-0.05, 0) is 19.1 Å². The summed E-state index contributed by atoms with van der Waals surface area (Å²) in [5, 5.41) is 0. The Hall–Kier alpha value is -0.360. The number of thioether (sulfide) groups is 1. The third-order valence-corrected chi connectivity index (χ3v) is 3.29. The molecule has 1 aromatic rings. The van der Waals surface area contributed by atoms with Gasteiger partial charge in [0.25, 0.3) is 0 Å². The maximum absolute atomic E-state index is 12.7. The Kier molecular flexibility index (Phi) is 4.98. The molecule has 0 aromatic heterocycles. The lowest BCUT2D eigenvalue weighted by Crippen LogP contribution is -2.08. The van der Waals surface area contributed by atoms with Crippen molar-refractivity contribution in [3.8, 4) is 5.75 Å². The summed E-state index contributed by atoms with van der Waals surface area (Å²) in [7, 11) is 0. The highest BCUT2D eigenvalue weighted by Gasteiger charge is 2.34. The van der Waals surface area contributed by atoms with E-state index in [1.165, 1.54) is 6.07 Å². The van der Waals surface area contributed by atoms with Gasteiger partial charge in [-0.2, -0.15) is 13.2 Å². The first-order chi connectivity index (χ1) is 7.50. The molecule has 6 heteroatoms.